The molecule has 0 aliphatic heterocycles. The largest absolute Gasteiger partial charge is 0.481 e. The zero-order valence-electron chi connectivity index (χ0n) is 16.2. The molecule has 2 aromatic carbocycles. The van der Waals surface area contributed by atoms with Gasteiger partial charge in [0.05, 0.1) is 4.90 Å². The Morgan fingerprint density at radius 2 is 1.79 bits per heavy atom. The Morgan fingerprint density at radius 1 is 1.10 bits per heavy atom. The van der Waals surface area contributed by atoms with E-state index in [9.17, 15) is 13.2 Å². The number of nitrogens with one attached hydrogen (secondary N) is 2. The van der Waals surface area contributed by atoms with Crippen molar-refractivity contribution in [3.8, 4) is 5.75 Å². The van der Waals surface area contributed by atoms with E-state index in [-0.39, 0.29) is 16.8 Å². The summed E-state index contributed by atoms with van der Waals surface area (Å²) in [5.41, 5.74) is 0.465. The fourth-order valence-electron chi connectivity index (χ4n) is 3.29. The quantitative estimate of drug-likeness (QED) is 0.612. The van der Waals surface area contributed by atoms with Crippen LogP contribution < -0.4 is 14.8 Å². The lowest BCUT2D eigenvalue weighted by atomic mass is 9.95. The van der Waals surface area contributed by atoms with Gasteiger partial charge in [0, 0.05) is 16.2 Å². The molecule has 1 saturated carbocycles. The molecule has 0 radical (unpaired) electrons. The highest BCUT2D eigenvalue weighted by Gasteiger charge is 2.21. The number of rotatable bonds is 7. The van der Waals surface area contributed by atoms with Gasteiger partial charge in [-0.15, -0.1) is 0 Å². The van der Waals surface area contributed by atoms with Crippen molar-refractivity contribution in [2.45, 2.75) is 56.1 Å². The van der Waals surface area contributed by atoms with Gasteiger partial charge < -0.3 is 10.1 Å². The van der Waals surface area contributed by atoms with Crippen molar-refractivity contribution >= 4 is 37.5 Å². The number of anilines is 1. The minimum atomic E-state index is -3.72. The van der Waals surface area contributed by atoms with Crippen LogP contribution in [-0.4, -0.2) is 26.5 Å². The SMILES string of the molecule is C[C@@H](Oc1ccc(S(=O)(=O)Nc2cccc(Br)c2)cc1)C(=O)NC1CCCCC1. The number of halogens is 1. The smallest absolute Gasteiger partial charge is 0.261 e. The molecule has 1 amide bonds. The summed E-state index contributed by atoms with van der Waals surface area (Å²) in [4.78, 5) is 12.4. The van der Waals surface area contributed by atoms with Crippen LogP contribution in [0.2, 0.25) is 0 Å². The van der Waals surface area contributed by atoms with Crippen LogP contribution in [0.3, 0.4) is 0 Å². The molecule has 0 saturated heterocycles. The molecular weight excluding hydrogens is 456 g/mol. The van der Waals surface area contributed by atoms with Gasteiger partial charge in [-0.1, -0.05) is 41.3 Å². The third-order valence-electron chi connectivity index (χ3n) is 4.84. The minimum absolute atomic E-state index is 0.115. The summed E-state index contributed by atoms with van der Waals surface area (Å²) in [6.45, 7) is 1.69. The molecule has 0 bridgehead atoms. The number of carbonyl (C=O) groups excluding carboxylic acids is 1. The van der Waals surface area contributed by atoms with Gasteiger partial charge in [0.2, 0.25) is 0 Å². The van der Waals surface area contributed by atoms with Crippen LogP contribution in [0.25, 0.3) is 0 Å². The van der Waals surface area contributed by atoms with E-state index in [1.165, 1.54) is 18.6 Å². The molecule has 6 nitrogen and oxygen atoms in total. The number of benzene rings is 2. The first kappa shape index (κ1) is 21.6. The Kier molecular flexibility index (Phi) is 7.18. The Labute approximate surface area is 180 Å². The summed E-state index contributed by atoms with van der Waals surface area (Å²) in [7, 11) is -3.72. The lowest BCUT2D eigenvalue weighted by Gasteiger charge is -2.24. The number of hydrogen-bond acceptors (Lipinski definition) is 4. The first-order valence-corrected chi connectivity index (χ1v) is 12.0. The van der Waals surface area contributed by atoms with Crippen molar-refractivity contribution < 1.29 is 17.9 Å². The molecule has 2 aromatic rings. The molecule has 156 valence electrons. The molecule has 1 aliphatic carbocycles. The summed E-state index contributed by atoms with van der Waals surface area (Å²) in [6.07, 6.45) is 4.88. The van der Waals surface area contributed by atoms with E-state index >= 15 is 0 Å². The second-order valence-electron chi connectivity index (χ2n) is 7.19. The molecular formula is C21H25BrN2O4S. The van der Waals surface area contributed by atoms with Crippen molar-refractivity contribution in [2.24, 2.45) is 0 Å². The first-order chi connectivity index (χ1) is 13.8. The molecule has 0 spiro atoms. The van der Waals surface area contributed by atoms with Crippen LogP contribution in [0.4, 0.5) is 5.69 Å². The van der Waals surface area contributed by atoms with Crippen LogP contribution in [0.1, 0.15) is 39.0 Å². The van der Waals surface area contributed by atoms with Gasteiger partial charge in [0.15, 0.2) is 6.10 Å². The monoisotopic (exact) mass is 480 g/mol. The molecule has 1 atom stereocenters. The molecule has 8 heteroatoms. The molecule has 0 heterocycles. The molecule has 0 unspecified atom stereocenters. The fraction of sp³-hybridized carbons (Fsp3) is 0.381. The summed E-state index contributed by atoms with van der Waals surface area (Å²) in [5.74, 6) is 0.294. The first-order valence-electron chi connectivity index (χ1n) is 9.69. The Morgan fingerprint density at radius 3 is 2.45 bits per heavy atom. The van der Waals surface area contributed by atoms with Gasteiger partial charge in [-0.25, -0.2) is 8.42 Å². The topological polar surface area (TPSA) is 84.5 Å². The molecule has 1 fully saturated rings. The molecule has 2 N–H and O–H groups in total. The number of sulfonamides is 1. The normalized spacial score (nSPS) is 16.1. The highest BCUT2D eigenvalue weighted by atomic mass is 79.9. The summed E-state index contributed by atoms with van der Waals surface area (Å²) < 4.78 is 34.1. The number of ether oxygens (including phenoxy) is 1. The van der Waals surface area contributed by atoms with Gasteiger partial charge in [-0.05, 0) is 62.2 Å². The van der Waals surface area contributed by atoms with Crippen molar-refractivity contribution in [2.75, 3.05) is 4.72 Å². The van der Waals surface area contributed by atoms with E-state index in [1.807, 2.05) is 6.07 Å². The highest BCUT2D eigenvalue weighted by molar-refractivity contribution is 9.10. The summed E-state index contributed by atoms with van der Waals surface area (Å²) in [5, 5.41) is 3.03. The van der Waals surface area contributed by atoms with Crippen LogP contribution in [-0.2, 0) is 14.8 Å². The van der Waals surface area contributed by atoms with Gasteiger partial charge >= 0.3 is 0 Å². The van der Waals surface area contributed by atoms with Crippen molar-refractivity contribution in [3.63, 3.8) is 0 Å². The fourth-order valence-corrected chi connectivity index (χ4v) is 4.74. The van der Waals surface area contributed by atoms with Crippen LogP contribution in [0.15, 0.2) is 57.9 Å². The van der Waals surface area contributed by atoms with Crippen molar-refractivity contribution in [3.05, 3.63) is 53.0 Å². The van der Waals surface area contributed by atoms with Gasteiger partial charge in [0.25, 0.3) is 15.9 Å². The maximum atomic E-state index is 12.5. The minimum Gasteiger partial charge on any atom is -0.481 e. The van der Waals surface area contributed by atoms with Crippen LogP contribution >= 0.6 is 15.9 Å². The zero-order valence-corrected chi connectivity index (χ0v) is 18.6. The standard InChI is InChI=1S/C21H25BrN2O4S/c1-15(21(25)23-17-7-3-2-4-8-17)28-19-10-12-20(13-11-19)29(26,27)24-18-9-5-6-16(22)14-18/h5-6,9-15,17,24H,2-4,7-8H2,1H3,(H,23,25)/t15-/m1/s1. The highest BCUT2D eigenvalue weighted by Crippen LogP contribution is 2.22. The van der Waals surface area contributed by atoms with E-state index in [2.05, 4.69) is 26.0 Å². The van der Waals surface area contributed by atoms with E-state index in [0.717, 1.165) is 30.2 Å². The lowest BCUT2D eigenvalue weighted by molar-refractivity contribution is -0.128. The Bertz CT molecular complexity index is 941. The van der Waals surface area contributed by atoms with E-state index < -0.39 is 16.1 Å². The molecule has 29 heavy (non-hydrogen) atoms. The predicted molar refractivity (Wildman–Crippen MR) is 116 cm³/mol. The third kappa shape index (κ3) is 6.21. The number of hydrogen-bond donors (Lipinski definition) is 2. The molecule has 0 aromatic heterocycles. The second kappa shape index (κ2) is 9.63. The zero-order chi connectivity index (χ0) is 20.9. The van der Waals surface area contributed by atoms with Gasteiger partial charge in [0.1, 0.15) is 5.75 Å². The van der Waals surface area contributed by atoms with Crippen LogP contribution in [0, 0.1) is 0 Å². The van der Waals surface area contributed by atoms with E-state index in [4.69, 9.17) is 4.74 Å². The number of amides is 1. The van der Waals surface area contributed by atoms with E-state index in [0.29, 0.717) is 11.4 Å². The van der Waals surface area contributed by atoms with Crippen molar-refractivity contribution in [1.29, 1.82) is 0 Å². The maximum absolute atomic E-state index is 12.5. The number of carbonyl (C=O) groups is 1. The summed E-state index contributed by atoms with van der Waals surface area (Å²) in [6, 6.07) is 13.2. The van der Waals surface area contributed by atoms with Gasteiger partial charge in [-0.3, -0.25) is 9.52 Å². The Balaban J connectivity index is 1.59. The van der Waals surface area contributed by atoms with Crippen LogP contribution in [0.5, 0.6) is 5.75 Å². The predicted octanol–water partition coefficient (Wildman–Crippen LogP) is 4.47. The van der Waals surface area contributed by atoms with Crippen molar-refractivity contribution in [1.82, 2.24) is 5.32 Å². The third-order valence-corrected chi connectivity index (χ3v) is 6.73. The molecule has 1 aliphatic rings. The van der Waals surface area contributed by atoms with E-state index in [1.54, 1.807) is 37.3 Å². The maximum Gasteiger partial charge on any atom is 0.261 e. The molecule has 3 rings (SSSR count). The lowest BCUT2D eigenvalue weighted by Crippen LogP contribution is -2.43. The summed E-state index contributed by atoms with van der Waals surface area (Å²) >= 11 is 3.32. The second-order valence-corrected chi connectivity index (χ2v) is 9.79. The average molecular weight is 481 g/mol. The average Bonchev–Trinajstić information content (AvgIpc) is 2.69. The van der Waals surface area contributed by atoms with Gasteiger partial charge in [-0.2, -0.15) is 0 Å². The Hall–Kier alpha value is -2.06.